The summed E-state index contributed by atoms with van der Waals surface area (Å²) < 4.78 is 7.39. The summed E-state index contributed by atoms with van der Waals surface area (Å²) in [5, 5.41) is 18.6. The van der Waals surface area contributed by atoms with Gasteiger partial charge in [-0.25, -0.2) is 4.68 Å². The molecule has 1 aromatic heterocycles. The third kappa shape index (κ3) is 4.29. The molecule has 132 valence electrons. The van der Waals surface area contributed by atoms with Gasteiger partial charge in [0.2, 0.25) is 0 Å². The Balaban J connectivity index is 1.60. The second-order valence-corrected chi connectivity index (χ2v) is 6.26. The molecule has 0 saturated heterocycles. The summed E-state index contributed by atoms with van der Waals surface area (Å²) >= 11 is 0. The third-order valence-electron chi connectivity index (χ3n) is 4.29. The summed E-state index contributed by atoms with van der Waals surface area (Å²) in [6.07, 6.45) is 7.38. The van der Waals surface area contributed by atoms with Gasteiger partial charge in [0.25, 0.3) is 0 Å². The van der Waals surface area contributed by atoms with E-state index in [0.717, 1.165) is 17.5 Å². The smallest absolute Gasteiger partial charge is 0.145 e. The van der Waals surface area contributed by atoms with Crippen molar-refractivity contribution >= 4 is 11.0 Å². The van der Waals surface area contributed by atoms with E-state index in [9.17, 15) is 5.11 Å². The van der Waals surface area contributed by atoms with Crippen molar-refractivity contribution in [3.05, 3.63) is 42.5 Å². The molecule has 0 fully saturated rings. The monoisotopic (exact) mass is 339 g/mol. The number of nitrogens with zero attached hydrogens (tertiary/aromatic N) is 3. The van der Waals surface area contributed by atoms with Gasteiger partial charge in [-0.2, -0.15) is 0 Å². The fourth-order valence-electron chi connectivity index (χ4n) is 2.89. The molecule has 0 aliphatic heterocycles. The third-order valence-corrected chi connectivity index (χ3v) is 4.29. The van der Waals surface area contributed by atoms with Crippen LogP contribution in [0, 0.1) is 0 Å². The molecule has 5 heteroatoms. The summed E-state index contributed by atoms with van der Waals surface area (Å²) in [4.78, 5) is 0. The highest BCUT2D eigenvalue weighted by atomic mass is 16.5. The topological polar surface area (TPSA) is 60.2 Å². The maximum Gasteiger partial charge on any atom is 0.145 e. The van der Waals surface area contributed by atoms with Crippen LogP contribution in [-0.2, 0) is 0 Å². The Bertz CT molecular complexity index is 814. The minimum Gasteiger partial charge on any atom is -0.506 e. The molecule has 3 aromatic rings. The molecule has 25 heavy (non-hydrogen) atoms. The van der Waals surface area contributed by atoms with Gasteiger partial charge in [0.15, 0.2) is 0 Å². The van der Waals surface area contributed by atoms with Gasteiger partial charge >= 0.3 is 0 Å². The zero-order valence-electron chi connectivity index (χ0n) is 14.7. The Morgan fingerprint density at radius 3 is 2.64 bits per heavy atom. The highest BCUT2D eigenvalue weighted by molar-refractivity contribution is 5.76. The lowest BCUT2D eigenvalue weighted by molar-refractivity contribution is 0.302. The van der Waals surface area contributed by atoms with E-state index in [1.54, 1.807) is 10.7 Å². The summed E-state index contributed by atoms with van der Waals surface area (Å²) in [7, 11) is 0. The largest absolute Gasteiger partial charge is 0.506 e. The number of unbranched alkanes of at least 4 members (excludes halogenated alkanes) is 5. The van der Waals surface area contributed by atoms with Crippen LogP contribution in [0.2, 0.25) is 0 Å². The Morgan fingerprint density at radius 2 is 1.80 bits per heavy atom. The summed E-state index contributed by atoms with van der Waals surface area (Å²) in [5.74, 6) is 0.815. The number of rotatable bonds is 9. The maximum atomic E-state index is 10.4. The number of aromatic nitrogens is 3. The Labute approximate surface area is 148 Å². The van der Waals surface area contributed by atoms with Crippen molar-refractivity contribution in [2.45, 2.75) is 45.4 Å². The van der Waals surface area contributed by atoms with E-state index in [0.29, 0.717) is 18.0 Å². The van der Waals surface area contributed by atoms with E-state index in [2.05, 4.69) is 17.2 Å². The average Bonchev–Trinajstić information content (AvgIpc) is 3.05. The standard InChI is InChI=1S/C20H25N3O2/c1-2-3-4-5-6-9-14-25-16-12-13-19(20(24)15-16)23-18-11-8-7-10-17(18)21-22-23/h7-8,10-13,15,24H,2-6,9,14H2,1H3. The van der Waals surface area contributed by atoms with E-state index < -0.39 is 0 Å². The van der Waals surface area contributed by atoms with Crippen LogP contribution in [0.1, 0.15) is 45.4 Å². The number of phenolic OH excluding ortho intramolecular Hbond substituents is 1. The van der Waals surface area contributed by atoms with E-state index in [4.69, 9.17) is 4.74 Å². The summed E-state index contributed by atoms with van der Waals surface area (Å²) in [6.45, 7) is 2.90. The maximum absolute atomic E-state index is 10.4. The zero-order chi connectivity index (χ0) is 17.5. The molecule has 0 bridgehead atoms. The first kappa shape index (κ1) is 17.3. The van der Waals surface area contributed by atoms with Gasteiger partial charge in [-0.3, -0.25) is 0 Å². The molecule has 0 unspecified atom stereocenters. The molecule has 0 aliphatic rings. The van der Waals surface area contributed by atoms with Gasteiger partial charge in [0.05, 0.1) is 12.1 Å². The van der Waals surface area contributed by atoms with Gasteiger partial charge in [-0.1, -0.05) is 56.4 Å². The second-order valence-electron chi connectivity index (χ2n) is 6.26. The highest BCUT2D eigenvalue weighted by Gasteiger charge is 2.10. The normalized spacial score (nSPS) is 11.1. The second kappa shape index (κ2) is 8.51. The van der Waals surface area contributed by atoms with Crippen molar-refractivity contribution in [2.24, 2.45) is 0 Å². The number of benzene rings is 2. The first-order valence-corrected chi connectivity index (χ1v) is 9.06. The van der Waals surface area contributed by atoms with E-state index in [1.807, 2.05) is 36.4 Å². The number of aromatic hydroxyl groups is 1. The number of hydrogen-bond donors (Lipinski definition) is 1. The number of ether oxygens (including phenoxy) is 1. The fraction of sp³-hybridized carbons (Fsp3) is 0.400. The van der Waals surface area contributed by atoms with Crippen molar-refractivity contribution < 1.29 is 9.84 Å². The number of phenols is 1. The van der Waals surface area contributed by atoms with Crippen molar-refractivity contribution in [3.63, 3.8) is 0 Å². The van der Waals surface area contributed by atoms with Crippen LogP contribution in [-0.4, -0.2) is 26.7 Å². The zero-order valence-corrected chi connectivity index (χ0v) is 14.7. The highest BCUT2D eigenvalue weighted by Crippen LogP contribution is 2.28. The molecular formula is C20H25N3O2. The van der Waals surface area contributed by atoms with Crippen molar-refractivity contribution in [3.8, 4) is 17.2 Å². The molecule has 1 heterocycles. The molecule has 1 N–H and O–H groups in total. The fourth-order valence-corrected chi connectivity index (χ4v) is 2.89. The quantitative estimate of drug-likeness (QED) is 0.565. The van der Waals surface area contributed by atoms with Gasteiger partial charge in [0, 0.05) is 6.07 Å². The first-order chi connectivity index (χ1) is 12.3. The van der Waals surface area contributed by atoms with E-state index in [-0.39, 0.29) is 5.75 Å². The van der Waals surface area contributed by atoms with Crippen molar-refractivity contribution in [2.75, 3.05) is 6.61 Å². The van der Waals surface area contributed by atoms with Crippen LogP contribution in [0.5, 0.6) is 11.5 Å². The van der Waals surface area contributed by atoms with Crippen LogP contribution in [0.4, 0.5) is 0 Å². The van der Waals surface area contributed by atoms with Gasteiger partial charge in [-0.05, 0) is 30.7 Å². The molecular weight excluding hydrogens is 314 g/mol. The lowest BCUT2D eigenvalue weighted by Gasteiger charge is -2.09. The first-order valence-electron chi connectivity index (χ1n) is 9.06. The van der Waals surface area contributed by atoms with Crippen LogP contribution in [0.15, 0.2) is 42.5 Å². The van der Waals surface area contributed by atoms with Crippen LogP contribution < -0.4 is 4.74 Å². The predicted molar refractivity (Wildman–Crippen MR) is 99.4 cm³/mol. The Kier molecular flexibility index (Phi) is 5.88. The number of fused-ring (bicyclic) bond motifs is 1. The van der Waals surface area contributed by atoms with Crippen LogP contribution in [0.3, 0.4) is 0 Å². The molecule has 0 amide bonds. The van der Waals surface area contributed by atoms with Crippen molar-refractivity contribution in [1.82, 2.24) is 15.0 Å². The Morgan fingerprint density at radius 1 is 1.00 bits per heavy atom. The van der Waals surface area contributed by atoms with Gasteiger partial charge < -0.3 is 9.84 Å². The molecule has 0 radical (unpaired) electrons. The number of para-hydroxylation sites is 1. The minimum absolute atomic E-state index is 0.135. The van der Waals surface area contributed by atoms with Gasteiger partial charge in [0.1, 0.15) is 22.7 Å². The summed E-state index contributed by atoms with van der Waals surface area (Å²) in [5.41, 5.74) is 2.25. The summed E-state index contributed by atoms with van der Waals surface area (Å²) in [6, 6.07) is 13.0. The molecule has 3 rings (SSSR count). The minimum atomic E-state index is 0.135. The molecule has 2 aromatic carbocycles. The van der Waals surface area contributed by atoms with Crippen LogP contribution >= 0.6 is 0 Å². The predicted octanol–water partition coefficient (Wildman–Crippen LogP) is 4.87. The number of hydrogen-bond acceptors (Lipinski definition) is 4. The molecule has 0 spiro atoms. The average molecular weight is 339 g/mol. The van der Waals surface area contributed by atoms with Gasteiger partial charge in [-0.15, -0.1) is 5.10 Å². The van der Waals surface area contributed by atoms with E-state index in [1.165, 1.54) is 32.1 Å². The van der Waals surface area contributed by atoms with Crippen LogP contribution in [0.25, 0.3) is 16.7 Å². The lowest BCUT2D eigenvalue weighted by atomic mass is 10.1. The molecule has 0 atom stereocenters. The lowest BCUT2D eigenvalue weighted by Crippen LogP contribution is -2.00. The Hall–Kier alpha value is -2.56. The molecule has 0 aliphatic carbocycles. The molecule has 5 nitrogen and oxygen atoms in total. The van der Waals surface area contributed by atoms with E-state index >= 15 is 0 Å². The SMILES string of the molecule is CCCCCCCCOc1ccc(-n2nnc3ccccc32)c(O)c1. The molecule has 0 saturated carbocycles. The van der Waals surface area contributed by atoms with Crippen molar-refractivity contribution in [1.29, 1.82) is 0 Å².